The normalized spacial score (nSPS) is 11.7. The number of hydrogen-bond donors (Lipinski definition) is 5. The minimum atomic E-state index is -4.72. The number of halogens is 6. The molecule has 0 aliphatic rings. The van der Waals surface area contributed by atoms with Gasteiger partial charge in [-0.15, -0.1) is 0 Å². The number of nitriles is 2. The van der Waals surface area contributed by atoms with Crippen LogP contribution in [0.3, 0.4) is 0 Å². The van der Waals surface area contributed by atoms with E-state index in [-0.39, 0.29) is 171 Å². The van der Waals surface area contributed by atoms with E-state index >= 15 is 0 Å². The van der Waals surface area contributed by atoms with Crippen LogP contribution in [-0.2, 0) is 59.8 Å². The van der Waals surface area contributed by atoms with Gasteiger partial charge in [-0.05, 0) is 129 Å². The third-order valence-electron chi connectivity index (χ3n) is 14.7. The van der Waals surface area contributed by atoms with Gasteiger partial charge in [0, 0.05) is 60.1 Å². The molecule has 0 aliphatic heterocycles. The Morgan fingerprint density at radius 3 is 1.30 bits per heavy atom. The maximum absolute atomic E-state index is 14.0. The van der Waals surface area contributed by atoms with Crippen molar-refractivity contribution in [3.63, 3.8) is 0 Å². The van der Waals surface area contributed by atoms with Crippen LogP contribution in [0.1, 0.15) is 59.9 Å². The highest BCUT2D eigenvalue weighted by Gasteiger charge is 2.33. The molecule has 26 nitrogen and oxygen atoms in total. The first kappa shape index (κ1) is 78.7. The molecule has 0 aliphatic carbocycles. The van der Waals surface area contributed by atoms with E-state index in [2.05, 4.69) is 31.4 Å². The fourth-order valence-electron chi connectivity index (χ4n) is 9.76. The van der Waals surface area contributed by atoms with Crippen molar-refractivity contribution in [1.82, 2.24) is 40.2 Å². The van der Waals surface area contributed by atoms with Gasteiger partial charge in [0.2, 0.25) is 0 Å². The third kappa shape index (κ3) is 23.5. The molecule has 0 unspecified atom stereocenters. The molecule has 0 saturated heterocycles. The molecule has 0 radical (unpaired) electrons. The van der Waals surface area contributed by atoms with Crippen molar-refractivity contribution in [3.8, 4) is 40.5 Å². The summed E-state index contributed by atoms with van der Waals surface area (Å²) < 4.78 is 130. The van der Waals surface area contributed by atoms with Gasteiger partial charge in [-0.25, -0.2) is 9.67 Å². The zero-order chi connectivity index (χ0) is 73.4. The van der Waals surface area contributed by atoms with E-state index < -0.39 is 63.8 Å². The predicted octanol–water partition coefficient (Wildman–Crippen LogP) is 6.36. The van der Waals surface area contributed by atoms with Crippen LogP contribution in [-0.4, -0.2) is 180 Å². The second-order valence-corrected chi connectivity index (χ2v) is 21.7. The highest BCUT2D eigenvalue weighted by atomic mass is 19.4. The second-order valence-electron chi connectivity index (χ2n) is 21.7. The first-order chi connectivity index (χ1) is 49.1. The Morgan fingerprint density at radius 2 is 0.892 bits per heavy atom. The monoisotopic (exact) mass is 1420 g/mol. The molecule has 0 spiro atoms. The number of benzene rings is 4. The molecule has 32 heteroatoms. The molecular weight excluding hydrogens is 1350 g/mol. The standard InChI is InChI=1S/C70H74F6N12O14/c1-47-57(61(17-19-77)85-53-13-9-49(45-78)10-14-53)43-59(67(93)86(47)55-7-3-5-51(41-55)69(71,72)73)63(89)80-21-25-95-29-33-99-37-39-101-35-31-97-27-23-82-65(91)66(92)83-24-28-98-32-36-102-40-38-100-34-30-96-26-22-81-64(90)60-44-58(62-18-20-84-88(62)54-15-11-50(46-79)12-16-54)48(2)87(68(60)94)56-8-4-6-52(42-56)70(74,75)76/h3-20,41-44H,21-40,77H2,1-2H3,(H,80,89)(H,81,90)(H,82,91)(H,83,92). The Bertz CT molecular complexity index is 4240. The number of alkyl halides is 6. The highest BCUT2D eigenvalue weighted by Crippen LogP contribution is 2.33. The van der Waals surface area contributed by atoms with E-state index in [9.17, 15) is 65.6 Å². The molecule has 102 heavy (non-hydrogen) atoms. The van der Waals surface area contributed by atoms with Crippen LogP contribution in [0.2, 0.25) is 0 Å². The third-order valence-corrected chi connectivity index (χ3v) is 14.7. The van der Waals surface area contributed by atoms with Gasteiger partial charge in [0.1, 0.15) is 11.1 Å². The summed E-state index contributed by atoms with van der Waals surface area (Å²) in [5.41, 5.74) is 4.30. The summed E-state index contributed by atoms with van der Waals surface area (Å²) in [5, 5.41) is 33.0. The number of nitrogens with zero attached hydrogens (tertiary/aromatic N) is 7. The lowest BCUT2D eigenvalue weighted by molar-refractivity contribution is -0.139. The van der Waals surface area contributed by atoms with Gasteiger partial charge in [-0.2, -0.15) is 42.0 Å². The van der Waals surface area contributed by atoms with Gasteiger partial charge < -0.3 is 64.9 Å². The van der Waals surface area contributed by atoms with Gasteiger partial charge in [0.25, 0.3) is 22.9 Å². The number of rotatable bonds is 39. The average Bonchev–Trinajstić information content (AvgIpc) is 1.09. The molecule has 0 saturated carbocycles. The smallest absolute Gasteiger partial charge is 0.405 e. The molecule has 4 aromatic carbocycles. The molecule has 4 amide bonds. The fourth-order valence-corrected chi connectivity index (χ4v) is 9.76. The molecule has 3 heterocycles. The molecule has 0 fully saturated rings. The van der Waals surface area contributed by atoms with Crippen LogP contribution in [0.5, 0.6) is 0 Å². The van der Waals surface area contributed by atoms with Crippen molar-refractivity contribution in [2.75, 3.05) is 132 Å². The zero-order valence-corrected chi connectivity index (χ0v) is 55.5. The topological polar surface area (TPSA) is 338 Å². The number of aliphatic imine (C=N–C) groups is 1. The van der Waals surface area contributed by atoms with Crippen molar-refractivity contribution in [3.05, 3.63) is 205 Å². The van der Waals surface area contributed by atoms with Crippen molar-refractivity contribution >= 4 is 35.0 Å². The summed E-state index contributed by atoms with van der Waals surface area (Å²) in [6.45, 7) is 5.81. The first-order valence-electron chi connectivity index (χ1n) is 31.8. The summed E-state index contributed by atoms with van der Waals surface area (Å²) in [6.07, 6.45) is -5.36. The van der Waals surface area contributed by atoms with Gasteiger partial charge in [0.15, 0.2) is 0 Å². The number of nitrogens with one attached hydrogen (secondary N) is 4. The van der Waals surface area contributed by atoms with Crippen LogP contribution in [0.25, 0.3) is 28.3 Å². The number of nitrogens with two attached hydrogens (primary N) is 1. The minimum absolute atomic E-state index is 0.0200. The Kier molecular flexibility index (Phi) is 30.8. The lowest BCUT2D eigenvalue weighted by Crippen LogP contribution is -2.42. The number of carbonyl (C=O) groups is 4. The fraction of sp³-hybridized carbons (Fsp3) is 0.343. The largest absolute Gasteiger partial charge is 0.416 e. The number of ether oxygens (including phenoxy) is 8. The van der Waals surface area contributed by atoms with Crippen LogP contribution < -0.4 is 38.1 Å². The lowest BCUT2D eigenvalue weighted by Gasteiger charge is -2.19. The molecule has 7 rings (SSSR count). The van der Waals surface area contributed by atoms with E-state index in [0.29, 0.717) is 33.8 Å². The van der Waals surface area contributed by atoms with Gasteiger partial charge >= 0.3 is 24.2 Å². The molecule has 0 atom stereocenters. The van der Waals surface area contributed by atoms with E-state index in [1.54, 1.807) is 49.4 Å². The number of pyridine rings is 2. The number of amides is 4. The first-order valence-corrected chi connectivity index (χ1v) is 31.8. The quantitative estimate of drug-likeness (QED) is 0.0121. The summed E-state index contributed by atoms with van der Waals surface area (Å²) in [5.74, 6) is -3.32. The number of allylic oxidation sites excluding steroid dienone is 1. The van der Waals surface area contributed by atoms with Crippen molar-refractivity contribution < 1.29 is 83.4 Å². The summed E-state index contributed by atoms with van der Waals surface area (Å²) in [4.78, 5) is 84.0. The Hall–Kier alpha value is -10.7. The number of aromatic nitrogens is 4. The van der Waals surface area contributed by atoms with Crippen molar-refractivity contribution in [2.24, 2.45) is 10.7 Å². The zero-order valence-electron chi connectivity index (χ0n) is 55.5. The molecule has 6 N–H and O–H groups in total. The maximum Gasteiger partial charge on any atom is 0.416 e. The van der Waals surface area contributed by atoms with Crippen LogP contribution in [0, 0.1) is 36.5 Å². The molecular formula is C70H74F6N12O14. The number of hydrogen-bond acceptors (Lipinski definition) is 19. The second kappa shape index (κ2) is 39.9. The Balaban J connectivity index is 0.680. The van der Waals surface area contributed by atoms with E-state index in [1.165, 1.54) is 72.5 Å². The summed E-state index contributed by atoms with van der Waals surface area (Å²) in [7, 11) is 0. The summed E-state index contributed by atoms with van der Waals surface area (Å²) in [6, 6.07) is 29.4. The van der Waals surface area contributed by atoms with Crippen LogP contribution >= 0.6 is 0 Å². The average molecular weight is 1420 g/mol. The van der Waals surface area contributed by atoms with E-state index in [0.717, 1.165) is 39.5 Å². The Labute approximate surface area is 581 Å². The van der Waals surface area contributed by atoms with Crippen molar-refractivity contribution in [2.45, 2.75) is 26.2 Å². The molecule has 3 aromatic heterocycles. The lowest BCUT2D eigenvalue weighted by atomic mass is 10.0. The summed E-state index contributed by atoms with van der Waals surface area (Å²) >= 11 is 0. The van der Waals surface area contributed by atoms with Crippen molar-refractivity contribution in [1.29, 1.82) is 10.5 Å². The Morgan fingerprint density at radius 1 is 0.500 bits per heavy atom. The molecule has 540 valence electrons. The maximum atomic E-state index is 14.0. The van der Waals surface area contributed by atoms with Crippen LogP contribution in [0.15, 0.2) is 148 Å². The molecule has 7 aromatic rings. The minimum Gasteiger partial charge on any atom is -0.405 e. The van der Waals surface area contributed by atoms with Crippen LogP contribution in [0.4, 0.5) is 32.0 Å². The van der Waals surface area contributed by atoms with E-state index in [1.807, 2.05) is 12.1 Å². The van der Waals surface area contributed by atoms with Gasteiger partial charge in [0.05, 0.1) is 169 Å². The highest BCUT2D eigenvalue weighted by molar-refractivity contribution is 6.35. The number of carbonyl (C=O) groups excluding carboxylic acids is 4. The van der Waals surface area contributed by atoms with Gasteiger partial charge in [-0.3, -0.25) is 37.9 Å². The predicted molar refractivity (Wildman–Crippen MR) is 359 cm³/mol. The SMILES string of the molecule is Cc1c(C(C=CN)=Nc2ccc(C#N)cc2)cc(C(=O)NCCOCCOCCOCCOCCNC(=O)C(=O)NCCOCCOCCOCCOCCNC(=O)c2cc(-c3ccnn3-c3ccc(C#N)cc3)c(C)n(-c3cccc(C(F)(F)F)c3)c2=O)c(=O)n1-c1cccc(C(F)(F)F)c1. The van der Waals surface area contributed by atoms with E-state index in [4.69, 9.17) is 43.6 Å². The molecule has 0 bridgehead atoms. The van der Waals surface area contributed by atoms with Gasteiger partial charge in [-0.1, -0.05) is 12.1 Å².